The monoisotopic (exact) mass is 270 g/mol. The zero-order valence-electron chi connectivity index (χ0n) is 11.7. The topological polar surface area (TPSA) is 53.2 Å². The molecule has 0 spiro atoms. The summed E-state index contributed by atoms with van der Waals surface area (Å²) >= 11 is 0. The SMILES string of the molecule is CC(=O)C[C@@H]1c2cccc3[nH]cc(c23)C[C@H]1N(C)C=O. The molecule has 3 rings (SSSR count). The van der Waals surface area contributed by atoms with Crippen LogP contribution in [0.25, 0.3) is 10.9 Å². The molecule has 1 aromatic carbocycles. The Morgan fingerprint density at radius 2 is 2.30 bits per heavy atom. The van der Waals surface area contributed by atoms with Gasteiger partial charge in [0.2, 0.25) is 6.41 Å². The minimum Gasteiger partial charge on any atom is -0.361 e. The van der Waals surface area contributed by atoms with Crippen molar-refractivity contribution in [2.45, 2.75) is 31.7 Å². The fourth-order valence-electron chi connectivity index (χ4n) is 3.39. The van der Waals surface area contributed by atoms with Gasteiger partial charge >= 0.3 is 0 Å². The lowest BCUT2D eigenvalue weighted by atomic mass is 9.77. The number of amides is 1. The Hall–Kier alpha value is -2.10. The molecule has 0 aliphatic heterocycles. The number of ketones is 1. The van der Waals surface area contributed by atoms with Crippen molar-refractivity contribution in [3.8, 4) is 0 Å². The van der Waals surface area contributed by atoms with E-state index in [-0.39, 0.29) is 17.7 Å². The third-order valence-corrected chi connectivity index (χ3v) is 4.31. The maximum atomic E-state index is 11.6. The van der Waals surface area contributed by atoms with Gasteiger partial charge in [0.1, 0.15) is 5.78 Å². The van der Waals surface area contributed by atoms with E-state index in [2.05, 4.69) is 17.1 Å². The predicted octanol–water partition coefficient (Wildman–Crippen LogP) is 2.24. The van der Waals surface area contributed by atoms with Crippen molar-refractivity contribution in [1.82, 2.24) is 9.88 Å². The van der Waals surface area contributed by atoms with Gasteiger partial charge in [-0.25, -0.2) is 0 Å². The van der Waals surface area contributed by atoms with Gasteiger partial charge in [0.15, 0.2) is 0 Å². The number of H-pyrrole nitrogens is 1. The number of hydrogen-bond acceptors (Lipinski definition) is 2. The number of rotatable bonds is 4. The molecule has 20 heavy (non-hydrogen) atoms. The summed E-state index contributed by atoms with van der Waals surface area (Å²) in [6.07, 6.45) is 4.15. The first-order valence-corrected chi connectivity index (χ1v) is 6.87. The molecule has 4 heteroatoms. The van der Waals surface area contributed by atoms with E-state index in [0.29, 0.717) is 6.42 Å². The average molecular weight is 270 g/mol. The van der Waals surface area contributed by atoms with E-state index in [1.54, 1.807) is 18.9 Å². The van der Waals surface area contributed by atoms with Crippen molar-refractivity contribution in [3.05, 3.63) is 35.5 Å². The summed E-state index contributed by atoms with van der Waals surface area (Å²) in [6, 6.07) is 6.19. The zero-order chi connectivity index (χ0) is 14.3. The number of nitrogens with one attached hydrogen (secondary N) is 1. The van der Waals surface area contributed by atoms with Gasteiger partial charge in [0.05, 0.1) is 0 Å². The number of likely N-dealkylation sites (N-methyl/N-ethyl adjacent to an activating group) is 1. The molecule has 0 unspecified atom stereocenters. The molecule has 0 saturated carbocycles. The van der Waals surface area contributed by atoms with Gasteiger partial charge in [0, 0.05) is 42.5 Å². The van der Waals surface area contributed by atoms with Crippen LogP contribution >= 0.6 is 0 Å². The van der Waals surface area contributed by atoms with Crippen LogP contribution in [0, 0.1) is 0 Å². The van der Waals surface area contributed by atoms with E-state index < -0.39 is 0 Å². The van der Waals surface area contributed by atoms with Crippen LogP contribution < -0.4 is 0 Å². The minimum absolute atomic E-state index is 0.0466. The highest BCUT2D eigenvalue weighted by Crippen LogP contribution is 2.40. The van der Waals surface area contributed by atoms with Gasteiger partial charge < -0.3 is 14.7 Å². The minimum atomic E-state index is 0.0466. The number of aromatic nitrogens is 1. The van der Waals surface area contributed by atoms with Crippen LogP contribution in [0.3, 0.4) is 0 Å². The standard InChI is InChI=1S/C16H18N2O2/c1-10(20)6-13-12-4-3-5-14-16(12)11(8-17-14)7-15(13)18(2)9-19/h3-5,8-9,13,15,17H,6-7H2,1-2H3/t13-,15-/m1/s1. The summed E-state index contributed by atoms with van der Waals surface area (Å²) in [5, 5.41) is 1.23. The van der Waals surface area contributed by atoms with Crippen molar-refractivity contribution >= 4 is 23.1 Å². The highest BCUT2D eigenvalue weighted by Gasteiger charge is 2.34. The number of benzene rings is 1. The van der Waals surface area contributed by atoms with Gasteiger partial charge in [-0.2, -0.15) is 0 Å². The molecule has 1 amide bonds. The fourth-order valence-corrected chi connectivity index (χ4v) is 3.39. The van der Waals surface area contributed by atoms with Crippen LogP contribution in [0.5, 0.6) is 0 Å². The number of carbonyl (C=O) groups is 2. The molecule has 1 aliphatic carbocycles. The van der Waals surface area contributed by atoms with Crippen molar-refractivity contribution < 1.29 is 9.59 Å². The maximum absolute atomic E-state index is 11.6. The normalized spacial score (nSPS) is 20.9. The number of nitrogens with zero attached hydrogens (tertiary/aromatic N) is 1. The van der Waals surface area contributed by atoms with Crippen LogP contribution in [0.2, 0.25) is 0 Å². The van der Waals surface area contributed by atoms with Gasteiger partial charge in [-0.05, 0) is 30.5 Å². The molecule has 104 valence electrons. The van der Waals surface area contributed by atoms with E-state index in [9.17, 15) is 9.59 Å². The van der Waals surface area contributed by atoms with Gasteiger partial charge in [-0.3, -0.25) is 4.79 Å². The largest absolute Gasteiger partial charge is 0.361 e. The average Bonchev–Trinajstić information content (AvgIpc) is 2.85. The summed E-state index contributed by atoms with van der Waals surface area (Å²) in [4.78, 5) is 27.8. The summed E-state index contributed by atoms with van der Waals surface area (Å²) in [6.45, 7) is 1.62. The summed E-state index contributed by atoms with van der Waals surface area (Å²) in [5.41, 5.74) is 3.52. The van der Waals surface area contributed by atoms with Crippen LogP contribution in [-0.4, -0.2) is 35.2 Å². The first-order valence-electron chi connectivity index (χ1n) is 6.87. The Morgan fingerprint density at radius 1 is 1.50 bits per heavy atom. The Labute approximate surface area is 117 Å². The van der Waals surface area contributed by atoms with Crippen molar-refractivity contribution in [1.29, 1.82) is 0 Å². The Bertz CT molecular complexity index is 674. The second-order valence-corrected chi connectivity index (χ2v) is 5.64. The van der Waals surface area contributed by atoms with Crippen LogP contribution in [-0.2, 0) is 16.0 Å². The van der Waals surface area contributed by atoms with Gasteiger partial charge in [-0.1, -0.05) is 12.1 Å². The van der Waals surface area contributed by atoms with E-state index in [0.717, 1.165) is 18.3 Å². The third kappa shape index (κ3) is 1.92. The lowest BCUT2D eigenvalue weighted by molar-refractivity contribution is -0.121. The van der Waals surface area contributed by atoms with Gasteiger partial charge in [0.25, 0.3) is 0 Å². The molecule has 1 aromatic heterocycles. The number of carbonyl (C=O) groups excluding carboxylic acids is 2. The molecule has 0 fully saturated rings. The Kier molecular flexibility index (Phi) is 3.08. The van der Waals surface area contributed by atoms with E-state index in [1.807, 2.05) is 12.3 Å². The predicted molar refractivity (Wildman–Crippen MR) is 77.7 cm³/mol. The number of aromatic amines is 1. The van der Waals surface area contributed by atoms with E-state index in [1.165, 1.54) is 16.5 Å². The third-order valence-electron chi connectivity index (χ3n) is 4.31. The first kappa shape index (κ1) is 12.9. The Morgan fingerprint density at radius 3 is 3.00 bits per heavy atom. The molecule has 2 aromatic rings. The highest BCUT2D eigenvalue weighted by atomic mass is 16.1. The molecular formula is C16H18N2O2. The second kappa shape index (κ2) is 4.78. The first-order chi connectivity index (χ1) is 9.61. The summed E-state index contributed by atoms with van der Waals surface area (Å²) < 4.78 is 0. The molecule has 1 heterocycles. The molecule has 0 radical (unpaired) electrons. The van der Waals surface area contributed by atoms with E-state index in [4.69, 9.17) is 0 Å². The summed E-state index contributed by atoms with van der Waals surface area (Å²) in [7, 11) is 1.79. The van der Waals surface area contributed by atoms with Crippen molar-refractivity contribution in [2.24, 2.45) is 0 Å². The smallest absolute Gasteiger partial charge is 0.209 e. The molecular weight excluding hydrogens is 252 g/mol. The fraction of sp³-hybridized carbons (Fsp3) is 0.375. The maximum Gasteiger partial charge on any atom is 0.209 e. The van der Waals surface area contributed by atoms with Crippen molar-refractivity contribution in [3.63, 3.8) is 0 Å². The van der Waals surface area contributed by atoms with Gasteiger partial charge in [-0.15, -0.1) is 0 Å². The molecule has 0 bridgehead atoms. The number of hydrogen-bond donors (Lipinski definition) is 1. The highest BCUT2D eigenvalue weighted by molar-refractivity contribution is 5.89. The van der Waals surface area contributed by atoms with E-state index >= 15 is 0 Å². The van der Waals surface area contributed by atoms with Crippen LogP contribution in [0.1, 0.15) is 30.4 Å². The zero-order valence-corrected chi connectivity index (χ0v) is 11.7. The lowest BCUT2D eigenvalue weighted by Crippen LogP contribution is -2.40. The molecule has 1 N–H and O–H groups in total. The van der Waals surface area contributed by atoms with Crippen LogP contribution in [0.4, 0.5) is 0 Å². The number of Topliss-reactive ketones (excluding diaryl/α,β-unsaturated/α-hetero) is 1. The molecule has 2 atom stereocenters. The second-order valence-electron chi connectivity index (χ2n) is 5.64. The quantitative estimate of drug-likeness (QED) is 0.866. The molecule has 4 nitrogen and oxygen atoms in total. The Balaban J connectivity index is 2.15. The molecule has 0 saturated heterocycles. The van der Waals surface area contributed by atoms with Crippen LogP contribution in [0.15, 0.2) is 24.4 Å². The lowest BCUT2D eigenvalue weighted by Gasteiger charge is -2.36. The molecule has 1 aliphatic rings. The van der Waals surface area contributed by atoms with Crippen molar-refractivity contribution in [2.75, 3.05) is 7.05 Å². The summed E-state index contributed by atoms with van der Waals surface area (Å²) in [5.74, 6) is 0.241.